The number of carbonyl (C=O) groups is 1. The zero-order valence-corrected chi connectivity index (χ0v) is 21.4. The lowest BCUT2D eigenvalue weighted by molar-refractivity contribution is -0.122. The first kappa shape index (κ1) is 25.1. The molecule has 5 rings (SSSR count). The Morgan fingerprint density at radius 1 is 1.05 bits per heavy atom. The third-order valence-electron chi connectivity index (χ3n) is 6.66. The summed E-state index contributed by atoms with van der Waals surface area (Å²) >= 11 is 0. The van der Waals surface area contributed by atoms with Gasteiger partial charge in [-0.1, -0.05) is 48.5 Å². The van der Waals surface area contributed by atoms with Gasteiger partial charge in [0.15, 0.2) is 6.29 Å². The van der Waals surface area contributed by atoms with Crippen molar-refractivity contribution in [2.75, 3.05) is 13.7 Å². The molecule has 8 heteroatoms. The molecule has 2 aromatic carbocycles. The van der Waals surface area contributed by atoms with Gasteiger partial charge in [0.1, 0.15) is 11.9 Å². The smallest absolute Gasteiger partial charge is 0.161 e. The lowest BCUT2D eigenvalue weighted by Gasteiger charge is -2.17. The van der Waals surface area contributed by atoms with Crippen LogP contribution >= 0.6 is 0 Å². The quantitative estimate of drug-likeness (QED) is 0.317. The summed E-state index contributed by atoms with van der Waals surface area (Å²) in [4.78, 5) is 13.5. The highest BCUT2D eigenvalue weighted by atomic mass is 16.7. The van der Waals surface area contributed by atoms with Crippen LogP contribution in [0, 0.1) is 6.92 Å². The molecule has 192 valence electrons. The molecule has 1 saturated heterocycles. The molecule has 8 nitrogen and oxygen atoms in total. The number of ether oxygens (including phenoxy) is 3. The molecule has 0 amide bonds. The summed E-state index contributed by atoms with van der Waals surface area (Å²) in [5.41, 5.74) is 5.48. The molecule has 0 saturated carbocycles. The van der Waals surface area contributed by atoms with E-state index in [0.29, 0.717) is 13.0 Å². The van der Waals surface area contributed by atoms with Crippen LogP contribution in [0.5, 0.6) is 0 Å². The number of para-hydroxylation sites is 1. The van der Waals surface area contributed by atoms with Crippen LogP contribution in [0.1, 0.15) is 35.8 Å². The Bertz CT molecular complexity index is 1330. The average molecular weight is 501 g/mol. The molecule has 1 fully saturated rings. The summed E-state index contributed by atoms with van der Waals surface area (Å²) in [6, 6.07) is 19.8. The molecular formula is C29H32N4O4. The number of benzene rings is 2. The zero-order valence-electron chi connectivity index (χ0n) is 21.4. The molecule has 1 aliphatic heterocycles. The molecule has 3 heterocycles. The Hall–Kier alpha value is -3.59. The van der Waals surface area contributed by atoms with Crippen LogP contribution in [-0.4, -0.2) is 51.5 Å². The van der Waals surface area contributed by atoms with Crippen LogP contribution in [0.25, 0.3) is 16.9 Å². The van der Waals surface area contributed by atoms with E-state index < -0.39 is 6.29 Å². The van der Waals surface area contributed by atoms with Gasteiger partial charge in [0.2, 0.25) is 0 Å². The minimum Gasteiger partial charge on any atom is -0.384 e. The largest absolute Gasteiger partial charge is 0.384 e. The van der Waals surface area contributed by atoms with E-state index in [0.717, 1.165) is 33.8 Å². The van der Waals surface area contributed by atoms with Crippen molar-refractivity contribution in [3.63, 3.8) is 0 Å². The summed E-state index contributed by atoms with van der Waals surface area (Å²) in [5.74, 6) is 0.0693. The van der Waals surface area contributed by atoms with E-state index in [2.05, 4.69) is 5.10 Å². The number of hydrogen-bond donors (Lipinski definition) is 0. The van der Waals surface area contributed by atoms with Crippen LogP contribution in [0.4, 0.5) is 0 Å². The van der Waals surface area contributed by atoms with Crippen LogP contribution in [-0.2, 0) is 32.5 Å². The van der Waals surface area contributed by atoms with E-state index in [1.165, 1.54) is 0 Å². The number of aryl methyl sites for hydroxylation is 1. The second kappa shape index (κ2) is 11.2. The van der Waals surface area contributed by atoms with Crippen molar-refractivity contribution in [1.29, 1.82) is 0 Å². The molecule has 37 heavy (non-hydrogen) atoms. The minimum absolute atomic E-state index is 0.0693. The first-order chi connectivity index (χ1) is 18.0. The van der Waals surface area contributed by atoms with E-state index >= 15 is 0 Å². The number of rotatable bonds is 10. The molecule has 0 spiro atoms. The monoisotopic (exact) mass is 500 g/mol. The van der Waals surface area contributed by atoms with Gasteiger partial charge in [-0.05, 0) is 30.2 Å². The van der Waals surface area contributed by atoms with Gasteiger partial charge in [-0.3, -0.25) is 9.48 Å². The fourth-order valence-electron chi connectivity index (χ4n) is 4.81. The second-order valence-corrected chi connectivity index (χ2v) is 9.34. The molecular weight excluding hydrogens is 468 g/mol. The van der Waals surface area contributed by atoms with Gasteiger partial charge < -0.3 is 14.2 Å². The molecule has 3 atom stereocenters. The van der Waals surface area contributed by atoms with E-state index in [-0.39, 0.29) is 30.8 Å². The van der Waals surface area contributed by atoms with Crippen molar-refractivity contribution >= 4 is 5.78 Å². The summed E-state index contributed by atoms with van der Waals surface area (Å²) in [6.07, 6.45) is 3.73. The fourth-order valence-corrected chi connectivity index (χ4v) is 4.81. The van der Waals surface area contributed by atoms with Crippen molar-refractivity contribution in [3.05, 3.63) is 89.9 Å². The second-order valence-electron chi connectivity index (χ2n) is 9.34. The fraction of sp³-hybridized carbons (Fsp3) is 0.345. The molecule has 1 aliphatic rings. The van der Waals surface area contributed by atoms with Crippen molar-refractivity contribution in [2.45, 2.75) is 44.7 Å². The van der Waals surface area contributed by atoms with Gasteiger partial charge in [-0.25, -0.2) is 4.68 Å². The van der Waals surface area contributed by atoms with Crippen LogP contribution in [0.15, 0.2) is 73.1 Å². The third-order valence-corrected chi connectivity index (χ3v) is 6.66. The standard InChI is InChI=1S/C29H32N4O4/c1-20-25(33(23-12-8-5-9-13-23)31-28(20)22-18-30-32(2)19-22)16-24(34)17-26-29(21-10-6-4-7-11-21)37-27(36-26)14-15-35-3/h4-13,18-19,26-27,29H,14-17H2,1-3H3/t26-,27+,29-/m0/s1. The van der Waals surface area contributed by atoms with E-state index in [1.807, 2.05) is 85.5 Å². The van der Waals surface area contributed by atoms with Gasteiger partial charge >= 0.3 is 0 Å². The molecule has 0 N–H and O–H groups in total. The molecule has 4 aromatic rings. The number of methoxy groups -OCH3 is 1. The molecule has 0 radical (unpaired) electrons. The maximum absolute atomic E-state index is 13.5. The average Bonchev–Trinajstić information content (AvgIpc) is 3.61. The summed E-state index contributed by atoms with van der Waals surface area (Å²) in [6.45, 7) is 2.54. The Morgan fingerprint density at radius 3 is 2.46 bits per heavy atom. The molecule has 0 unspecified atom stereocenters. The zero-order chi connectivity index (χ0) is 25.8. The lowest BCUT2D eigenvalue weighted by Crippen LogP contribution is -2.22. The highest BCUT2D eigenvalue weighted by Gasteiger charge is 2.38. The molecule has 0 aliphatic carbocycles. The van der Waals surface area contributed by atoms with E-state index in [1.54, 1.807) is 18.0 Å². The van der Waals surface area contributed by atoms with Crippen LogP contribution < -0.4 is 0 Å². The van der Waals surface area contributed by atoms with Crippen molar-refractivity contribution in [2.24, 2.45) is 7.05 Å². The topological polar surface area (TPSA) is 80.4 Å². The SMILES string of the molecule is COCC[C@@H]1O[C@@H](CC(=O)Cc2c(C)c(-c3cnn(C)c3)nn2-c2ccccc2)[C@H](c2ccccc2)O1. The Kier molecular flexibility index (Phi) is 7.60. The van der Waals surface area contributed by atoms with E-state index in [9.17, 15) is 4.79 Å². The minimum atomic E-state index is -0.406. The van der Waals surface area contributed by atoms with Crippen molar-refractivity contribution < 1.29 is 19.0 Å². The predicted molar refractivity (Wildman–Crippen MR) is 139 cm³/mol. The van der Waals surface area contributed by atoms with Gasteiger partial charge in [0.25, 0.3) is 0 Å². The number of hydrogen-bond acceptors (Lipinski definition) is 6. The van der Waals surface area contributed by atoms with Crippen LogP contribution in [0.2, 0.25) is 0 Å². The summed E-state index contributed by atoms with van der Waals surface area (Å²) < 4.78 is 21.2. The van der Waals surface area contributed by atoms with Crippen molar-refractivity contribution in [3.8, 4) is 16.9 Å². The lowest BCUT2D eigenvalue weighted by atomic mass is 9.98. The first-order valence-electron chi connectivity index (χ1n) is 12.5. The molecule has 2 aromatic heterocycles. The maximum Gasteiger partial charge on any atom is 0.161 e. The Balaban J connectivity index is 1.41. The van der Waals surface area contributed by atoms with Crippen LogP contribution in [0.3, 0.4) is 0 Å². The number of nitrogens with zero attached hydrogens (tertiary/aromatic N) is 4. The molecule has 0 bridgehead atoms. The maximum atomic E-state index is 13.5. The van der Waals surface area contributed by atoms with Crippen molar-refractivity contribution in [1.82, 2.24) is 19.6 Å². The van der Waals surface area contributed by atoms with Gasteiger partial charge in [-0.15, -0.1) is 0 Å². The van der Waals surface area contributed by atoms with Gasteiger partial charge in [0, 0.05) is 45.2 Å². The first-order valence-corrected chi connectivity index (χ1v) is 12.5. The van der Waals surface area contributed by atoms with E-state index in [4.69, 9.17) is 19.3 Å². The predicted octanol–water partition coefficient (Wildman–Crippen LogP) is 4.60. The van der Waals surface area contributed by atoms with Gasteiger partial charge in [0.05, 0.1) is 36.0 Å². The summed E-state index contributed by atoms with van der Waals surface area (Å²) in [5, 5.41) is 9.20. The highest BCUT2D eigenvalue weighted by molar-refractivity contribution is 5.82. The van der Waals surface area contributed by atoms with Gasteiger partial charge in [-0.2, -0.15) is 10.2 Å². The number of aromatic nitrogens is 4. The number of carbonyl (C=O) groups excluding carboxylic acids is 1. The third kappa shape index (κ3) is 5.56. The normalized spacial score (nSPS) is 19.4. The number of ketones is 1. The summed E-state index contributed by atoms with van der Waals surface area (Å²) in [7, 11) is 3.53. The Labute approximate surface area is 216 Å². The Morgan fingerprint density at radius 2 is 1.78 bits per heavy atom. The highest BCUT2D eigenvalue weighted by Crippen LogP contribution is 2.36. The number of Topliss-reactive ketones (excluding diaryl/α,β-unsaturated/α-hetero) is 1.